The number of fused-ring (bicyclic) bond motifs is 1. The van der Waals surface area contributed by atoms with Crippen LogP contribution >= 0.6 is 11.6 Å². The maximum Gasteiger partial charge on any atom is 0.151 e. The molecule has 0 bridgehead atoms. The predicted molar refractivity (Wildman–Crippen MR) is 104 cm³/mol. The molecule has 1 aromatic heterocycles. The molecule has 0 saturated carbocycles. The van der Waals surface area contributed by atoms with Crippen molar-refractivity contribution in [3.63, 3.8) is 0 Å². The van der Waals surface area contributed by atoms with E-state index in [1.165, 1.54) is 6.26 Å². The van der Waals surface area contributed by atoms with Crippen LogP contribution in [0.2, 0.25) is 5.15 Å². The zero-order valence-corrected chi connectivity index (χ0v) is 15.4. The van der Waals surface area contributed by atoms with E-state index in [4.69, 9.17) is 11.6 Å². The second kappa shape index (κ2) is 7.42. The molecule has 3 aromatic rings. The summed E-state index contributed by atoms with van der Waals surface area (Å²) in [5.41, 5.74) is 3.78. The third kappa shape index (κ3) is 4.94. The molecular formula is C19H19ClN2O2S. The monoisotopic (exact) mass is 374 g/mol. The minimum absolute atomic E-state index is 0.0764. The summed E-state index contributed by atoms with van der Waals surface area (Å²) in [4.78, 5) is 4.32. The van der Waals surface area contributed by atoms with E-state index in [9.17, 15) is 8.42 Å². The lowest BCUT2D eigenvalue weighted by atomic mass is 10.1. The predicted octanol–water partition coefficient (Wildman–Crippen LogP) is 4.09. The van der Waals surface area contributed by atoms with Crippen molar-refractivity contribution in [2.24, 2.45) is 0 Å². The van der Waals surface area contributed by atoms with Gasteiger partial charge in [0.1, 0.15) is 5.15 Å². The molecule has 3 rings (SSSR count). The summed E-state index contributed by atoms with van der Waals surface area (Å²) in [7, 11) is -3.00. The van der Waals surface area contributed by atoms with E-state index in [0.717, 1.165) is 40.7 Å². The molecule has 0 atom stereocenters. The second-order valence-corrected chi connectivity index (χ2v) is 8.60. The number of nitrogens with zero attached hydrogens (tertiary/aromatic N) is 1. The smallest absolute Gasteiger partial charge is 0.151 e. The Morgan fingerprint density at radius 2 is 1.72 bits per heavy atom. The van der Waals surface area contributed by atoms with Crippen molar-refractivity contribution >= 4 is 38.0 Å². The highest BCUT2D eigenvalue weighted by atomic mass is 35.5. The minimum Gasteiger partial charge on any atom is -0.384 e. The van der Waals surface area contributed by atoms with E-state index < -0.39 is 9.84 Å². The Morgan fingerprint density at radius 1 is 1.04 bits per heavy atom. The first-order valence-corrected chi connectivity index (χ1v) is 10.4. The highest BCUT2D eigenvalue weighted by Crippen LogP contribution is 2.25. The summed E-state index contributed by atoms with van der Waals surface area (Å²) >= 11 is 6.09. The van der Waals surface area contributed by atoms with Gasteiger partial charge in [-0.15, -0.1) is 0 Å². The standard InChI is InChI=1S/C19H19ClN2O2S/c1-25(23,24)13-15-8-6-14(7-9-15)10-11-21-18-12-19(20)22-17-5-3-2-4-16(17)18/h2-9,12H,10-11,13H2,1H3,(H,21,22). The van der Waals surface area contributed by atoms with Crippen molar-refractivity contribution in [3.8, 4) is 0 Å². The Hall–Kier alpha value is -2.11. The van der Waals surface area contributed by atoms with Gasteiger partial charge in [0.2, 0.25) is 0 Å². The molecule has 25 heavy (non-hydrogen) atoms. The number of para-hydroxylation sites is 1. The van der Waals surface area contributed by atoms with Gasteiger partial charge in [-0.1, -0.05) is 54.1 Å². The van der Waals surface area contributed by atoms with Crippen LogP contribution in [0.3, 0.4) is 0 Å². The molecule has 0 fully saturated rings. The van der Waals surface area contributed by atoms with Crippen LogP contribution in [-0.2, 0) is 22.0 Å². The molecule has 0 amide bonds. The summed E-state index contributed by atoms with van der Waals surface area (Å²) in [6.07, 6.45) is 2.07. The molecular weight excluding hydrogens is 356 g/mol. The molecule has 1 N–H and O–H groups in total. The number of benzene rings is 2. The van der Waals surface area contributed by atoms with Crippen LogP contribution in [0.15, 0.2) is 54.6 Å². The van der Waals surface area contributed by atoms with Gasteiger partial charge in [0, 0.05) is 23.9 Å². The average Bonchev–Trinajstić information content (AvgIpc) is 2.55. The number of sulfone groups is 1. The Kier molecular flexibility index (Phi) is 5.25. The van der Waals surface area contributed by atoms with Gasteiger partial charge in [-0.05, 0) is 29.7 Å². The van der Waals surface area contributed by atoms with Crippen molar-refractivity contribution in [1.82, 2.24) is 4.98 Å². The zero-order chi connectivity index (χ0) is 17.9. The lowest BCUT2D eigenvalue weighted by Crippen LogP contribution is -2.06. The fourth-order valence-electron chi connectivity index (χ4n) is 2.74. The lowest BCUT2D eigenvalue weighted by molar-refractivity contribution is 0.601. The second-order valence-electron chi connectivity index (χ2n) is 6.07. The van der Waals surface area contributed by atoms with E-state index in [2.05, 4.69) is 10.3 Å². The van der Waals surface area contributed by atoms with Crippen LogP contribution in [0, 0.1) is 0 Å². The molecule has 0 aliphatic heterocycles. The Balaban J connectivity index is 1.65. The molecule has 4 nitrogen and oxygen atoms in total. The third-order valence-corrected chi connectivity index (χ3v) is 4.92. The number of rotatable bonds is 6. The third-order valence-electron chi connectivity index (χ3n) is 3.87. The van der Waals surface area contributed by atoms with Gasteiger partial charge in [-0.3, -0.25) is 0 Å². The summed E-state index contributed by atoms with van der Waals surface area (Å²) in [6, 6.07) is 17.4. The normalized spacial score (nSPS) is 11.6. The van der Waals surface area contributed by atoms with Crippen molar-refractivity contribution in [1.29, 1.82) is 0 Å². The quantitative estimate of drug-likeness (QED) is 0.660. The first kappa shape index (κ1) is 17.7. The van der Waals surface area contributed by atoms with Gasteiger partial charge in [0.25, 0.3) is 0 Å². The molecule has 0 spiro atoms. The fourth-order valence-corrected chi connectivity index (χ4v) is 3.73. The van der Waals surface area contributed by atoms with Gasteiger partial charge in [-0.25, -0.2) is 13.4 Å². The first-order chi connectivity index (χ1) is 11.9. The number of pyridine rings is 1. The number of hydrogen-bond acceptors (Lipinski definition) is 4. The van der Waals surface area contributed by atoms with Gasteiger partial charge >= 0.3 is 0 Å². The van der Waals surface area contributed by atoms with Gasteiger partial charge < -0.3 is 5.32 Å². The zero-order valence-electron chi connectivity index (χ0n) is 13.9. The first-order valence-electron chi connectivity index (χ1n) is 7.95. The number of hydrogen-bond donors (Lipinski definition) is 1. The highest BCUT2D eigenvalue weighted by molar-refractivity contribution is 7.89. The highest BCUT2D eigenvalue weighted by Gasteiger charge is 2.06. The Morgan fingerprint density at radius 3 is 2.44 bits per heavy atom. The van der Waals surface area contributed by atoms with Crippen LogP contribution in [-0.4, -0.2) is 26.2 Å². The average molecular weight is 375 g/mol. The van der Waals surface area contributed by atoms with Crippen LogP contribution in [0.4, 0.5) is 5.69 Å². The van der Waals surface area contributed by atoms with Crippen molar-refractivity contribution in [3.05, 3.63) is 70.9 Å². The van der Waals surface area contributed by atoms with Crippen molar-refractivity contribution in [2.45, 2.75) is 12.2 Å². The summed E-state index contributed by atoms with van der Waals surface area (Å²) in [5.74, 6) is 0.0764. The van der Waals surface area contributed by atoms with Crippen LogP contribution in [0.25, 0.3) is 10.9 Å². The summed E-state index contributed by atoms with van der Waals surface area (Å²) in [5, 5.41) is 4.91. The Labute approximate surface area is 152 Å². The minimum atomic E-state index is -3.00. The topological polar surface area (TPSA) is 59.1 Å². The Bertz CT molecular complexity index is 986. The SMILES string of the molecule is CS(=O)(=O)Cc1ccc(CCNc2cc(Cl)nc3ccccc23)cc1. The van der Waals surface area contributed by atoms with E-state index in [1.807, 2.05) is 54.6 Å². The molecule has 2 aromatic carbocycles. The summed E-state index contributed by atoms with van der Waals surface area (Å²) in [6.45, 7) is 0.746. The van der Waals surface area contributed by atoms with Crippen molar-refractivity contribution < 1.29 is 8.42 Å². The number of halogens is 1. The molecule has 0 aliphatic carbocycles. The van der Waals surface area contributed by atoms with Crippen LogP contribution in [0.5, 0.6) is 0 Å². The molecule has 130 valence electrons. The van der Waals surface area contributed by atoms with E-state index >= 15 is 0 Å². The largest absolute Gasteiger partial charge is 0.384 e. The summed E-state index contributed by atoms with van der Waals surface area (Å²) < 4.78 is 22.6. The van der Waals surface area contributed by atoms with Crippen LogP contribution in [0.1, 0.15) is 11.1 Å². The molecule has 1 heterocycles. The van der Waals surface area contributed by atoms with Gasteiger partial charge in [0.15, 0.2) is 9.84 Å². The van der Waals surface area contributed by atoms with E-state index in [1.54, 1.807) is 0 Å². The van der Waals surface area contributed by atoms with Gasteiger partial charge in [0.05, 0.1) is 11.3 Å². The molecule has 0 aliphatic rings. The number of anilines is 1. The lowest BCUT2D eigenvalue weighted by Gasteiger charge is -2.10. The van der Waals surface area contributed by atoms with E-state index in [-0.39, 0.29) is 5.75 Å². The molecule has 0 unspecified atom stereocenters. The van der Waals surface area contributed by atoms with Gasteiger partial charge in [-0.2, -0.15) is 0 Å². The van der Waals surface area contributed by atoms with Crippen LogP contribution < -0.4 is 5.32 Å². The molecule has 6 heteroatoms. The number of aromatic nitrogens is 1. The number of nitrogens with one attached hydrogen (secondary N) is 1. The van der Waals surface area contributed by atoms with E-state index in [0.29, 0.717) is 5.15 Å². The van der Waals surface area contributed by atoms with Crippen molar-refractivity contribution in [2.75, 3.05) is 18.1 Å². The molecule has 0 radical (unpaired) electrons. The fraction of sp³-hybridized carbons (Fsp3) is 0.211. The maximum absolute atomic E-state index is 11.3. The maximum atomic E-state index is 11.3. The molecule has 0 saturated heterocycles.